The van der Waals surface area contributed by atoms with E-state index in [1.165, 1.54) is 13.2 Å². The number of carbonyl (C=O) groups excluding carboxylic acids is 2. The summed E-state index contributed by atoms with van der Waals surface area (Å²) in [5.74, 6) is 0.165. The summed E-state index contributed by atoms with van der Waals surface area (Å²) >= 11 is 0. The Balaban J connectivity index is 1.78. The summed E-state index contributed by atoms with van der Waals surface area (Å²) in [5.41, 5.74) is 2.25. The number of amides is 2. The van der Waals surface area contributed by atoms with E-state index in [1.54, 1.807) is 65.6 Å². The molecule has 10 nitrogen and oxygen atoms in total. The third-order valence-corrected chi connectivity index (χ3v) is 6.87. The Morgan fingerprint density at radius 1 is 1.05 bits per heavy atom. The van der Waals surface area contributed by atoms with E-state index >= 15 is 0 Å². The van der Waals surface area contributed by atoms with Gasteiger partial charge < -0.3 is 14.4 Å². The highest BCUT2D eigenvalue weighted by Crippen LogP contribution is 2.28. The van der Waals surface area contributed by atoms with Gasteiger partial charge in [-0.15, -0.1) is 0 Å². The van der Waals surface area contributed by atoms with Crippen molar-refractivity contribution in [2.24, 2.45) is 5.14 Å². The average Bonchev–Trinajstić information content (AvgIpc) is 2.91. The molecule has 11 heteroatoms. The van der Waals surface area contributed by atoms with E-state index in [4.69, 9.17) is 15.3 Å². The fourth-order valence-electron chi connectivity index (χ4n) is 3.68. The van der Waals surface area contributed by atoms with Gasteiger partial charge in [0.15, 0.2) is 0 Å². The lowest BCUT2D eigenvalue weighted by Crippen LogP contribution is -2.39. The molecular weight excluding hydrogens is 508 g/mol. The number of methoxy groups -OCH3 is 1. The van der Waals surface area contributed by atoms with Gasteiger partial charge in [-0.25, -0.2) is 23.1 Å². The van der Waals surface area contributed by atoms with Crippen molar-refractivity contribution in [2.45, 2.75) is 37.8 Å². The Bertz CT molecular complexity index is 1420. The van der Waals surface area contributed by atoms with Gasteiger partial charge in [0.2, 0.25) is 10.0 Å². The molecule has 1 atom stereocenters. The number of hydrogen-bond acceptors (Lipinski definition) is 7. The van der Waals surface area contributed by atoms with Crippen LogP contribution in [-0.4, -0.2) is 44.5 Å². The molecule has 0 bridgehead atoms. The molecule has 3 aromatic rings. The smallest absolute Gasteiger partial charge is 0.415 e. The van der Waals surface area contributed by atoms with Gasteiger partial charge in [0, 0.05) is 23.7 Å². The molecule has 0 aliphatic rings. The minimum Gasteiger partial charge on any atom is -0.453 e. The molecular formula is C27H30N4O6S. The van der Waals surface area contributed by atoms with Crippen LogP contribution in [0.25, 0.3) is 11.1 Å². The van der Waals surface area contributed by atoms with Crippen LogP contribution in [0.4, 0.5) is 9.59 Å². The van der Waals surface area contributed by atoms with Crippen molar-refractivity contribution in [3.8, 4) is 16.9 Å². The zero-order valence-electron chi connectivity index (χ0n) is 21.3. The second kappa shape index (κ2) is 12.3. The lowest BCUT2D eigenvalue weighted by molar-refractivity contribution is 0.130. The molecule has 0 aliphatic heterocycles. The number of carbonyl (C=O) groups is 2. The quantitative estimate of drug-likeness (QED) is 0.284. The van der Waals surface area contributed by atoms with Gasteiger partial charge in [-0.05, 0) is 48.7 Å². The van der Waals surface area contributed by atoms with Crippen molar-refractivity contribution in [2.75, 3.05) is 7.11 Å². The molecule has 0 radical (unpaired) electrons. The molecule has 200 valence electrons. The summed E-state index contributed by atoms with van der Waals surface area (Å²) in [6, 6.07) is 19.6. The van der Waals surface area contributed by atoms with Gasteiger partial charge in [-0.1, -0.05) is 55.5 Å². The molecule has 0 saturated heterocycles. The monoisotopic (exact) mass is 538 g/mol. The highest BCUT2D eigenvalue weighted by atomic mass is 32.2. The van der Waals surface area contributed by atoms with E-state index in [0.717, 1.165) is 5.56 Å². The zero-order chi connectivity index (χ0) is 27.9. The summed E-state index contributed by atoms with van der Waals surface area (Å²) < 4.78 is 34.1. The molecule has 0 aliphatic carbocycles. The van der Waals surface area contributed by atoms with Gasteiger partial charge in [0.05, 0.1) is 12.0 Å². The maximum absolute atomic E-state index is 13.2. The minimum atomic E-state index is -3.91. The van der Waals surface area contributed by atoms with E-state index < -0.39 is 22.2 Å². The molecule has 3 rings (SSSR count). The summed E-state index contributed by atoms with van der Waals surface area (Å²) in [4.78, 5) is 26.2. The van der Waals surface area contributed by atoms with E-state index in [1.807, 2.05) is 19.9 Å². The molecule has 4 N–H and O–H groups in total. The minimum absolute atomic E-state index is 0.00443. The Hall–Kier alpha value is -4.22. The van der Waals surface area contributed by atoms with Gasteiger partial charge >= 0.3 is 12.2 Å². The fourth-order valence-corrected chi connectivity index (χ4v) is 4.44. The first-order valence-corrected chi connectivity index (χ1v) is 13.3. The normalized spacial score (nSPS) is 11.8. The van der Waals surface area contributed by atoms with Crippen molar-refractivity contribution >= 4 is 28.0 Å². The Morgan fingerprint density at radius 3 is 2.37 bits per heavy atom. The van der Waals surface area contributed by atoms with Crippen LogP contribution >= 0.6 is 0 Å². The third kappa shape index (κ3) is 7.17. The van der Waals surface area contributed by atoms with Crippen LogP contribution in [0.2, 0.25) is 0 Å². The summed E-state index contributed by atoms with van der Waals surface area (Å²) in [5, 5.41) is 15.7. The molecule has 0 aromatic heterocycles. The number of primary sulfonamides is 1. The lowest BCUT2D eigenvalue weighted by atomic mass is 10.1. The number of hydrogen-bond donors (Lipinski definition) is 3. The number of nitrogens with zero attached hydrogens (tertiary/aromatic N) is 1. The largest absolute Gasteiger partial charge is 0.453 e. The van der Waals surface area contributed by atoms with Crippen molar-refractivity contribution in [3.63, 3.8) is 0 Å². The summed E-state index contributed by atoms with van der Waals surface area (Å²) in [6.45, 7) is 4.07. The number of alkyl carbamates (subject to hydrolysis) is 1. The zero-order valence-corrected chi connectivity index (χ0v) is 22.1. The lowest BCUT2D eigenvalue weighted by Gasteiger charge is -2.28. The average molecular weight is 539 g/mol. The Morgan fingerprint density at radius 2 is 1.74 bits per heavy atom. The van der Waals surface area contributed by atoms with Gasteiger partial charge in [0.25, 0.3) is 0 Å². The molecule has 1 unspecified atom stereocenters. The van der Waals surface area contributed by atoms with Gasteiger partial charge in [-0.2, -0.15) is 0 Å². The van der Waals surface area contributed by atoms with Crippen LogP contribution in [0.1, 0.15) is 31.4 Å². The van der Waals surface area contributed by atoms with E-state index in [9.17, 15) is 18.0 Å². The van der Waals surface area contributed by atoms with Crippen LogP contribution in [0.3, 0.4) is 0 Å². The standard InChI is InChI=1S/C27H30N4O6S/c1-4-18(2)31(17-19-8-7-9-21(16-19)25(28)30-26(32)36-3)27(33)37-22-14-12-20(13-15-22)23-10-5-6-11-24(23)38(29,34)35/h5-16,18H,4,17H2,1-3H3,(H2,28,30,32)(H2,29,34,35). The Labute approximate surface area is 221 Å². The van der Waals surface area contributed by atoms with Crippen LogP contribution in [0.5, 0.6) is 5.75 Å². The number of rotatable bonds is 8. The van der Waals surface area contributed by atoms with Crippen LogP contribution in [-0.2, 0) is 21.3 Å². The highest BCUT2D eigenvalue weighted by Gasteiger charge is 2.22. The number of ether oxygens (including phenoxy) is 2. The van der Waals surface area contributed by atoms with Crippen LogP contribution in [0, 0.1) is 5.41 Å². The number of amidine groups is 1. The number of nitrogens with one attached hydrogen (secondary N) is 2. The number of benzene rings is 3. The van der Waals surface area contributed by atoms with E-state index in [-0.39, 0.29) is 29.1 Å². The van der Waals surface area contributed by atoms with Crippen molar-refractivity contribution < 1.29 is 27.5 Å². The maximum atomic E-state index is 13.2. The summed E-state index contributed by atoms with van der Waals surface area (Å²) in [6.07, 6.45) is -0.632. The number of sulfonamides is 1. The fraction of sp³-hybridized carbons (Fsp3) is 0.222. The molecule has 0 heterocycles. The highest BCUT2D eigenvalue weighted by molar-refractivity contribution is 7.89. The third-order valence-electron chi connectivity index (χ3n) is 5.90. The van der Waals surface area contributed by atoms with Crippen LogP contribution < -0.4 is 15.2 Å². The predicted molar refractivity (Wildman–Crippen MR) is 143 cm³/mol. The second-order valence-corrected chi connectivity index (χ2v) is 10.0. The van der Waals surface area contributed by atoms with Gasteiger partial charge in [0.1, 0.15) is 11.6 Å². The van der Waals surface area contributed by atoms with Crippen molar-refractivity contribution in [3.05, 3.63) is 83.9 Å². The van der Waals surface area contributed by atoms with E-state index in [0.29, 0.717) is 23.1 Å². The first-order chi connectivity index (χ1) is 18.0. The molecule has 0 spiro atoms. The molecule has 0 saturated carbocycles. The topological polar surface area (TPSA) is 152 Å². The first-order valence-electron chi connectivity index (χ1n) is 11.8. The number of nitrogens with two attached hydrogens (primary N) is 1. The molecule has 38 heavy (non-hydrogen) atoms. The van der Waals surface area contributed by atoms with Gasteiger partial charge in [-0.3, -0.25) is 10.7 Å². The SMILES string of the molecule is CCC(C)N(Cc1cccc(C(=N)NC(=O)OC)c1)C(=O)Oc1ccc(-c2ccccc2S(N)(=O)=O)cc1. The van der Waals surface area contributed by atoms with Crippen LogP contribution in [0.15, 0.2) is 77.7 Å². The maximum Gasteiger partial charge on any atom is 0.415 e. The molecule has 2 amide bonds. The van der Waals surface area contributed by atoms with E-state index in [2.05, 4.69) is 10.1 Å². The Kier molecular flexibility index (Phi) is 9.21. The van der Waals surface area contributed by atoms with Crippen molar-refractivity contribution in [1.29, 1.82) is 5.41 Å². The molecule has 0 fully saturated rings. The molecule has 3 aromatic carbocycles. The van der Waals surface area contributed by atoms with Crippen molar-refractivity contribution in [1.82, 2.24) is 10.2 Å². The first kappa shape index (κ1) is 28.4. The predicted octanol–water partition coefficient (Wildman–Crippen LogP) is 4.48. The second-order valence-electron chi connectivity index (χ2n) is 8.51. The summed E-state index contributed by atoms with van der Waals surface area (Å²) in [7, 11) is -2.70.